The van der Waals surface area contributed by atoms with Crippen LogP contribution >= 0.6 is 0 Å². The monoisotopic (exact) mass is 372 g/mol. The quantitative estimate of drug-likeness (QED) is 0.634. The number of hydrogen-bond acceptors (Lipinski definition) is 5. The second kappa shape index (κ2) is 9.33. The second-order valence-corrected chi connectivity index (χ2v) is 7.50. The van der Waals surface area contributed by atoms with E-state index in [9.17, 15) is 4.79 Å². The highest BCUT2D eigenvalue weighted by molar-refractivity contribution is 6.03. The third kappa shape index (κ3) is 4.87. The van der Waals surface area contributed by atoms with Crippen LogP contribution in [0.25, 0.3) is 5.52 Å². The standard InChI is InChI=1S/C21H32N4O2/c1-4-6-17(5-2)21(26)19-15-22-25-16-18(7-8-20(19)25)27-14-13-24-11-9-23(3)10-12-24/h7-8,15-17H,4-6,9-14H2,1-3H3. The molecule has 1 aliphatic heterocycles. The largest absolute Gasteiger partial charge is 0.491 e. The normalized spacial score (nSPS) is 17.3. The van der Waals surface area contributed by atoms with E-state index in [2.05, 4.69) is 35.8 Å². The van der Waals surface area contributed by atoms with E-state index in [1.54, 1.807) is 10.7 Å². The van der Waals surface area contributed by atoms with Gasteiger partial charge in [0, 0.05) is 38.6 Å². The number of aromatic nitrogens is 2. The Hall–Kier alpha value is -1.92. The van der Waals surface area contributed by atoms with Crippen molar-refractivity contribution < 1.29 is 9.53 Å². The van der Waals surface area contributed by atoms with E-state index in [0.717, 1.165) is 68.8 Å². The highest BCUT2D eigenvalue weighted by Gasteiger charge is 2.21. The Morgan fingerprint density at radius 3 is 2.70 bits per heavy atom. The molecule has 2 aromatic heterocycles. The van der Waals surface area contributed by atoms with Gasteiger partial charge >= 0.3 is 0 Å². The summed E-state index contributed by atoms with van der Waals surface area (Å²) >= 11 is 0. The van der Waals surface area contributed by atoms with Gasteiger partial charge in [-0.3, -0.25) is 9.69 Å². The zero-order valence-corrected chi connectivity index (χ0v) is 16.9. The number of piperazine rings is 1. The number of Topliss-reactive ketones (excluding diaryl/α,β-unsaturated/α-hetero) is 1. The van der Waals surface area contributed by atoms with Crippen molar-refractivity contribution in [2.75, 3.05) is 46.4 Å². The minimum atomic E-state index is 0.0857. The molecule has 1 saturated heterocycles. The van der Waals surface area contributed by atoms with Gasteiger partial charge in [-0.25, -0.2) is 4.52 Å². The Bertz CT molecular complexity index is 750. The maximum absolute atomic E-state index is 12.8. The Labute approximate surface area is 162 Å². The van der Waals surface area contributed by atoms with Gasteiger partial charge in [0.05, 0.1) is 23.5 Å². The van der Waals surface area contributed by atoms with E-state index < -0.39 is 0 Å². The van der Waals surface area contributed by atoms with Crippen molar-refractivity contribution in [2.45, 2.75) is 33.1 Å². The average Bonchev–Trinajstić information content (AvgIpc) is 3.10. The molecule has 148 valence electrons. The molecule has 0 spiro atoms. The number of ketones is 1. The molecule has 0 radical (unpaired) electrons. The van der Waals surface area contributed by atoms with Gasteiger partial charge in [-0.1, -0.05) is 20.3 Å². The maximum Gasteiger partial charge on any atom is 0.169 e. The molecule has 1 fully saturated rings. The summed E-state index contributed by atoms with van der Waals surface area (Å²) in [5.41, 5.74) is 1.58. The van der Waals surface area contributed by atoms with Crippen LogP contribution in [-0.2, 0) is 0 Å². The first-order chi connectivity index (χ1) is 13.1. The number of likely N-dealkylation sites (N-methyl/N-ethyl adjacent to an activating group) is 1. The third-order valence-electron chi connectivity index (χ3n) is 5.53. The third-order valence-corrected chi connectivity index (χ3v) is 5.53. The topological polar surface area (TPSA) is 50.1 Å². The summed E-state index contributed by atoms with van der Waals surface area (Å²) in [6, 6.07) is 3.89. The van der Waals surface area contributed by atoms with E-state index in [1.807, 2.05) is 18.3 Å². The lowest BCUT2D eigenvalue weighted by Crippen LogP contribution is -2.45. The van der Waals surface area contributed by atoms with Crippen molar-refractivity contribution in [1.29, 1.82) is 0 Å². The lowest BCUT2D eigenvalue weighted by molar-refractivity contribution is 0.0911. The fourth-order valence-electron chi connectivity index (χ4n) is 3.69. The fourth-order valence-corrected chi connectivity index (χ4v) is 3.69. The van der Waals surface area contributed by atoms with Crippen LogP contribution in [0.15, 0.2) is 24.5 Å². The summed E-state index contributed by atoms with van der Waals surface area (Å²) in [7, 11) is 2.16. The second-order valence-electron chi connectivity index (χ2n) is 7.50. The number of pyridine rings is 1. The first kappa shape index (κ1) is 19.8. The minimum absolute atomic E-state index is 0.0857. The van der Waals surface area contributed by atoms with Gasteiger partial charge in [0.15, 0.2) is 5.78 Å². The zero-order valence-electron chi connectivity index (χ0n) is 16.9. The highest BCUT2D eigenvalue weighted by Crippen LogP contribution is 2.22. The van der Waals surface area contributed by atoms with Gasteiger partial charge in [-0.2, -0.15) is 5.10 Å². The molecular weight excluding hydrogens is 340 g/mol. The molecular formula is C21H32N4O2. The highest BCUT2D eigenvalue weighted by atomic mass is 16.5. The van der Waals surface area contributed by atoms with E-state index in [0.29, 0.717) is 6.61 Å². The molecule has 0 bridgehead atoms. The van der Waals surface area contributed by atoms with Crippen molar-refractivity contribution in [3.8, 4) is 5.75 Å². The van der Waals surface area contributed by atoms with Gasteiger partial charge in [0.25, 0.3) is 0 Å². The number of nitrogens with zero attached hydrogens (tertiary/aromatic N) is 4. The Morgan fingerprint density at radius 1 is 1.22 bits per heavy atom. The Balaban J connectivity index is 1.60. The van der Waals surface area contributed by atoms with E-state index in [-0.39, 0.29) is 11.7 Å². The molecule has 27 heavy (non-hydrogen) atoms. The number of rotatable bonds is 9. The molecule has 2 aromatic rings. The van der Waals surface area contributed by atoms with E-state index >= 15 is 0 Å². The van der Waals surface area contributed by atoms with Crippen molar-refractivity contribution >= 4 is 11.3 Å². The van der Waals surface area contributed by atoms with Crippen LogP contribution in [0.1, 0.15) is 43.5 Å². The maximum atomic E-state index is 12.8. The number of ether oxygens (including phenoxy) is 1. The van der Waals surface area contributed by atoms with Crippen LogP contribution in [-0.4, -0.2) is 71.6 Å². The first-order valence-corrected chi connectivity index (χ1v) is 10.2. The molecule has 1 aliphatic rings. The van der Waals surface area contributed by atoms with Crippen LogP contribution in [0.5, 0.6) is 5.75 Å². The van der Waals surface area contributed by atoms with Crippen LogP contribution in [0.4, 0.5) is 0 Å². The summed E-state index contributed by atoms with van der Waals surface area (Å²) in [5, 5.41) is 4.38. The SMILES string of the molecule is CCCC(CC)C(=O)c1cnn2cc(OCCN3CCN(C)CC3)ccc12. The van der Waals surface area contributed by atoms with Gasteiger partial charge < -0.3 is 9.64 Å². The Kier molecular flexibility index (Phi) is 6.85. The Morgan fingerprint density at radius 2 is 2.00 bits per heavy atom. The van der Waals surface area contributed by atoms with Crippen molar-refractivity contribution in [3.05, 3.63) is 30.1 Å². The lowest BCUT2D eigenvalue weighted by atomic mass is 9.92. The van der Waals surface area contributed by atoms with Gasteiger partial charge in [-0.15, -0.1) is 0 Å². The summed E-state index contributed by atoms with van der Waals surface area (Å²) in [4.78, 5) is 17.6. The van der Waals surface area contributed by atoms with Crippen molar-refractivity contribution in [2.24, 2.45) is 5.92 Å². The van der Waals surface area contributed by atoms with E-state index in [1.165, 1.54) is 0 Å². The fraction of sp³-hybridized carbons (Fsp3) is 0.619. The number of hydrogen-bond donors (Lipinski definition) is 0. The number of fused-ring (bicyclic) bond motifs is 1. The van der Waals surface area contributed by atoms with Gasteiger partial charge in [0.1, 0.15) is 12.4 Å². The lowest BCUT2D eigenvalue weighted by Gasteiger charge is -2.32. The van der Waals surface area contributed by atoms with Gasteiger partial charge in [0.2, 0.25) is 0 Å². The van der Waals surface area contributed by atoms with Crippen molar-refractivity contribution in [1.82, 2.24) is 19.4 Å². The van der Waals surface area contributed by atoms with Gasteiger partial charge in [-0.05, 0) is 32.0 Å². The summed E-state index contributed by atoms with van der Waals surface area (Å²) in [5.74, 6) is 1.08. The van der Waals surface area contributed by atoms with Crippen LogP contribution in [0.2, 0.25) is 0 Å². The predicted molar refractivity (Wildman–Crippen MR) is 108 cm³/mol. The summed E-state index contributed by atoms with van der Waals surface area (Å²) in [6.07, 6.45) is 6.40. The van der Waals surface area contributed by atoms with Crippen molar-refractivity contribution in [3.63, 3.8) is 0 Å². The molecule has 0 aliphatic carbocycles. The van der Waals surface area contributed by atoms with Crippen LogP contribution < -0.4 is 4.74 Å². The molecule has 1 unspecified atom stereocenters. The van der Waals surface area contributed by atoms with E-state index in [4.69, 9.17) is 4.74 Å². The zero-order chi connectivity index (χ0) is 19.2. The smallest absolute Gasteiger partial charge is 0.169 e. The molecule has 3 rings (SSSR count). The number of carbonyl (C=O) groups is 1. The predicted octanol–water partition coefficient (Wildman–Crippen LogP) is 2.97. The first-order valence-electron chi connectivity index (χ1n) is 10.2. The van der Waals surface area contributed by atoms with Crippen LogP contribution in [0.3, 0.4) is 0 Å². The summed E-state index contributed by atoms with van der Waals surface area (Å²) < 4.78 is 7.68. The minimum Gasteiger partial charge on any atom is -0.491 e. The summed E-state index contributed by atoms with van der Waals surface area (Å²) in [6.45, 7) is 10.2. The molecule has 1 atom stereocenters. The molecule has 0 amide bonds. The number of carbonyl (C=O) groups excluding carboxylic acids is 1. The van der Waals surface area contributed by atoms with Crippen LogP contribution in [0, 0.1) is 5.92 Å². The molecule has 0 N–H and O–H groups in total. The molecule has 0 saturated carbocycles. The molecule has 3 heterocycles. The average molecular weight is 373 g/mol. The molecule has 6 heteroatoms. The molecule has 6 nitrogen and oxygen atoms in total. The molecule has 0 aromatic carbocycles.